The molecule has 1 rings (SSSR count). The van der Waals surface area contributed by atoms with Gasteiger partial charge in [0.2, 0.25) is 11.8 Å². The predicted molar refractivity (Wildman–Crippen MR) is 71.7 cm³/mol. The summed E-state index contributed by atoms with van der Waals surface area (Å²) in [5.74, 6) is -0.858. The molecule has 0 radical (unpaired) electrons. The van der Waals surface area contributed by atoms with Crippen molar-refractivity contribution in [2.75, 3.05) is 0 Å². The predicted octanol–water partition coefficient (Wildman–Crippen LogP) is 0.0213. The summed E-state index contributed by atoms with van der Waals surface area (Å²) in [5.41, 5.74) is 11.7. The van der Waals surface area contributed by atoms with Crippen LogP contribution < -0.4 is 11.5 Å². The first-order valence-electron chi connectivity index (χ1n) is 6.15. The van der Waals surface area contributed by atoms with Crippen LogP contribution in [0.2, 0.25) is 0 Å². The zero-order chi connectivity index (χ0) is 14.4. The molecular weight excluding hydrogens is 244 g/mol. The normalized spacial score (nSPS) is 12.2. The number of hydrogen-bond donors (Lipinski definition) is 2. The third kappa shape index (κ3) is 4.67. The van der Waals surface area contributed by atoms with Crippen LogP contribution in [0.4, 0.5) is 0 Å². The number of primary amides is 1. The molecule has 0 aliphatic heterocycles. The van der Waals surface area contributed by atoms with Crippen molar-refractivity contribution in [2.45, 2.75) is 38.9 Å². The van der Waals surface area contributed by atoms with Crippen LogP contribution in [0, 0.1) is 0 Å². The zero-order valence-corrected chi connectivity index (χ0v) is 11.2. The fourth-order valence-corrected chi connectivity index (χ4v) is 1.72. The van der Waals surface area contributed by atoms with E-state index in [-0.39, 0.29) is 18.4 Å². The lowest BCUT2D eigenvalue weighted by Crippen LogP contribution is -2.47. The van der Waals surface area contributed by atoms with Gasteiger partial charge in [-0.3, -0.25) is 14.6 Å². The maximum Gasteiger partial charge on any atom is 0.240 e. The van der Waals surface area contributed by atoms with Crippen LogP contribution in [0.3, 0.4) is 0 Å². The molecule has 0 aliphatic rings. The van der Waals surface area contributed by atoms with Gasteiger partial charge in [-0.2, -0.15) is 0 Å². The maximum absolute atomic E-state index is 12.2. The van der Waals surface area contributed by atoms with Crippen molar-refractivity contribution in [3.05, 3.63) is 30.1 Å². The van der Waals surface area contributed by atoms with Crippen molar-refractivity contribution >= 4 is 11.8 Å². The molecule has 6 heteroatoms. The van der Waals surface area contributed by atoms with Crippen LogP contribution in [-0.4, -0.2) is 33.8 Å². The van der Waals surface area contributed by atoms with Crippen LogP contribution in [-0.2, 0) is 16.1 Å². The van der Waals surface area contributed by atoms with Gasteiger partial charge in [-0.05, 0) is 25.5 Å². The third-order valence-corrected chi connectivity index (χ3v) is 2.72. The molecule has 1 atom stereocenters. The lowest BCUT2D eigenvalue weighted by molar-refractivity contribution is -0.136. The third-order valence-electron chi connectivity index (χ3n) is 2.72. The minimum atomic E-state index is -0.892. The summed E-state index contributed by atoms with van der Waals surface area (Å²) in [6, 6.07) is 2.78. The van der Waals surface area contributed by atoms with Gasteiger partial charge in [-0.1, -0.05) is 6.07 Å². The molecule has 0 saturated heterocycles. The van der Waals surface area contributed by atoms with Gasteiger partial charge in [-0.15, -0.1) is 0 Å². The van der Waals surface area contributed by atoms with Crippen molar-refractivity contribution < 1.29 is 9.59 Å². The number of aromatic nitrogens is 1. The molecule has 1 aromatic heterocycles. The molecule has 0 spiro atoms. The van der Waals surface area contributed by atoms with Crippen LogP contribution in [0.25, 0.3) is 0 Å². The Morgan fingerprint density at radius 2 is 2.11 bits per heavy atom. The summed E-state index contributed by atoms with van der Waals surface area (Å²) in [5, 5.41) is 0. The van der Waals surface area contributed by atoms with Crippen molar-refractivity contribution in [2.24, 2.45) is 11.5 Å². The molecule has 0 fully saturated rings. The number of pyridine rings is 1. The molecule has 4 N–H and O–H groups in total. The standard InChI is InChI=1S/C13H20N4O2/c1-9(2)17(8-10-4-3-5-16-7-10)13(19)11(14)6-12(15)18/h3-5,7,9,11H,6,8,14H2,1-2H3,(H2,15,18). The van der Waals surface area contributed by atoms with E-state index in [1.807, 2.05) is 26.0 Å². The van der Waals surface area contributed by atoms with E-state index in [0.717, 1.165) is 5.56 Å². The highest BCUT2D eigenvalue weighted by molar-refractivity contribution is 5.87. The van der Waals surface area contributed by atoms with E-state index in [2.05, 4.69) is 4.98 Å². The van der Waals surface area contributed by atoms with Crippen molar-refractivity contribution in [1.29, 1.82) is 0 Å². The van der Waals surface area contributed by atoms with Gasteiger partial charge >= 0.3 is 0 Å². The van der Waals surface area contributed by atoms with E-state index in [4.69, 9.17) is 11.5 Å². The van der Waals surface area contributed by atoms with Crippen molar-refractivity contribution in [1.82, 2.24) is 9.88 Å². The molecule has 2 amide bonds. The molecule has 19 heavy (non-hydrogen) atoms. The molecule has 0 aliphatic carbocycles. The van der Waals surface area contributed by atoms with E-state index in [0.29, 0.717) is 6.54 Å². The fourth-order valence-electron chi connectivity index (χ4n) is 1.72. The zero-order valence-electron chi connectivity index (χ0n) is 11.2. The second-order valence-electron chi connectivity index (χ2n) is 4.70. The number of nitrogens with zero attached hydrogens (tertiary/aromatic N) is 2. The van der Waals surface area contributed by atoms with Crippen LogP contribution in [0.15, 0.2) is 24.5 Å². The Morgan fingerprint density at radius 1 is 1.42 bits per heavy atom. The summed E-state index contributed by atoms with van der Waals surface area (Å²) in [7, 11) is 0. The van der Waals surface area contributed by atoms with Gasteiger partial charge in [0.15, 0.2) is 0 Å². The molecule has 0 saturated carbocycles. The first-order chi connectivity index (χ1) is 8.91. The summed E-state index contributed by atoms with van der Waals surface area (Å²) in [6.07, 6.45) is 3.22. The average molecular weight is 264 g/mol. The Morgan fingerprint density at radius 3 is 2.58 bits per heavy atom. The smallest absolute Gasteiger partial charge is 0.240 e. The highest BCUT2D eigenvalue weighted by atomic mass is 16.2. The minimum Gasteiger partial charge on any atom is -0.370 e. The lowest BCUT2D eigenvalue weighted by atomic mass is 10.1. The molecule has 0 bridgehead atoms. The molecule has 0 aromatic carbocycles. The largest absolute Gasteiger partial charge is 0.370 e. The first-order valence-corrected chi connectivity index (χ1v) is 6.15. The topological polar surface area (TPSA) is 102 Å². The van der Waals surface area contributed by atoms with Crippen LogP contribution in [0.1, 0.15) is 25.8 Å². The molecule has 1 aromatic rings. The minimum absolute atomic E-state index is 0.0216. The fraction of sp³-hybridized carbons (Fsp3) is 0.462. The Kier molecular flexibility index (Phi) is 5.44. The molecule has 6 nitrogen and oxygen atoms in total. The monoisotopic (exact) mass is 264 g/mol. The highest BCUT2D eigenvalue weighted by Gasteiger charge is 2.24. The SMILES string of the molecule is CC(C)N(Cc1cccnc1)C(=O)C(N)CC(N)=O. The summed E-state index contributed by atoms with van der Waals surface area (Å²) < 4.78 is 0. The Labute approximate surface area is 112 Å². The number of rotatable bonds is 6. The van der Waals surface area contributed by atoms with E-state index in [1.54, 1.807) is 17.3 Å². The number of nitrogens with two attached hydrogens (primary N) is 2. The second kappa shape index (κ2) is 6.84. The average Bonchev–Trinajstić information content (AvgIpc) is 2.35. The van der Waals surface area contributed by atoms with E-state index >= 15 is 0 Å². The Balaban J connectivity index is 2.77. The Bertz CT molecular complexity index is 434. The number of carbonyl (C=O) groups is 2. The summed E-state index contributed by atoms with van der Waals surface area (Å²) in [6.45, 7) is 4.20. The number of hydrogen-bond acceptors (Lipinski definition) is 4. The van der Waals surface area contributed by atoms with Gasteiger partial charge < -0.3 is 16.4 Å². The maximum atomic E-state index is 12.2. The summed E-state index contributed by atoms with van der Waals surface area (Å²) >= 11 is 0. The number of amides is 2. The van der Waals surface area contributed by atoms with Crippen molar-refractivity contribution in [3.63, 3.8) is 0 Å². The van der Waals surface area contributed by atoms with Gasteiger partial charge in [-0.25, -0.2) is 0 Å². The first kappa shape index (κ1) is 15.1. The van der Waals surface area contributed by atoms with Gasteiger partial charge in [0, 0.05) is 25.0 Å². The molecule has 1 heterocycles. The molecular formula is C13H20N4O2. The Hall–Kier alpha value is -1.95. The molecule has 1 unspecified atom stereocenters. The van der Waals surface area contributed by atoms with Gasteiger partial charge in [0.05, 0.1) is 12.5 Å². The highest BCUT2D eigenvalue weighted by Crippen LogP contribution is 2.09. The lowest BCUT2D eigenvalue weighted by Gasteiger charge is -2.29. The van der Waals surface area contributed by atoms with E-state index in [9.17, 15) is 9.59 Å². The summed E-state index contributed by atoms with van der Waals surface area (Å²) in [4.78, 5) is 28.6. The quantitative estimate of drug-likeness (QED) is 0.756. The molecule has 104 valence electrons. The van der Waals surface area contributed by atoms with Gasteiger partial charge in [0.25, 0.3) is 0 Å². The second-order valence-corrected chi connectivity index (χ2v) is 4.70. The van der Waals surface area contributed by atoms with Gasteiger partial charge in [0.1, 0.15) is 0 Å². The van der Waals surface area contributed by atoms with Crippen LogP contribution in [0.5, 0.6) is 0 Å². The van der Waals surface area contributed by atoms with Crippen molar-refractivity contribution in [3.8, 4) is 0 Å². The number of carbonyl (C=O) groups excluding carboxylic acids is 2. The van der Waals surface area contributed by atoms with E-state index < -0.39 is 11.9 Å². The van der Waals surface area contributed by atoms with E-state index in [1.165, 1.54) is 0 Å². The van der Waals surface area contributed by atoms with Crippen LogP contribution >= 0.6 is 0 Å².